The number of aromatic nitrogens is 3. The highest BCUT2D eigenvalue weighted by Crippen LogP contribution is 2.18. The molecule has 1 heterocycles. The number of aliphatic hydroxyl groups is 1. The molecule has 0 bridgehead atoms. The van der Waals surface area contributed by atoms with Crippen molar-refractivity contribution < 1.29 is 9.90 Å². The van der Waals surface area contributed by atoms with Crippen molar-refractivity contribution in [2.45, 2.75) is 45.3 Å². The lowest BCUT2D eigenvalue weighted by atomic mass is 10.2. The molecule has 1 saturated carbocycles. The summed E-state index contributed by atoms with van der Waals surface area (Å²) in [4.78, 5) is 13.7. The predicted octanol–water partition coefficient (Wildman–Crippen LogP) is 1.74. The van der Waals surface area contributed by atoms with E-state index in [-0.39, 0.29) is 24.2 Å². The van der Waals surface area contributed by atoms with E-state index in [1.807, 2.05) is 31.2 Å². The van der Waals surface area contributed by atoms with Gasteiger partial charge in [-0.2, -0.15) is 4.80 Å². The summed E-state index contributed by atoms with van der Waals surface area (Å²) >= 11 is 0. The molecule has 116 valence electrons. The molecule has 0 spiro atoms. The number of hydrogen-bond donors (Lipinski definition) is 2. The van der Waals surface area contributed by atoms with Gasteiger partial charge in [0, 0.05) is 6.04 Å². The molecule has 0 radical (unpaired) electrons. The minimum absolute atomic E-state index is 0.204. The Kier molecular flexibility index (Phi) is 4.20. The van der Waals surface area contributed by atoms with Gasteiger partial charge < -0.3 is 10.4 Å². The van der Waals surface area contributed by atoms with Crippen molar-refractivity contribution in [2.24, 2.45) is 0 Å². The maximum atomic E-state index is 12.3. The fraction of sp³-hybridized carbons (Fsp3) is 0.438. The van der Waals surface area contributed by atoms with Crippen molar-refractivity contribution in [3.05, 3.63) is 41.2 Å². The summed E-state index contributed by atoms with van der Waals surface area (Å²) in [6, 6.07) is 7.89. The van der Waals surface area contributed by atoms with Crippen molar-refractivity contribution in [2.75, 3.05) is 0 Å². The first-order chi connectivity index (χ1) is 10.7. The highest BCUT2D eigenvalue weighted by atomic mass is 16.3. The molecule has 1 aromatic carbocycles. The summed E-state index contributed by atoms with van der Waals surface area (Å²) in [7, 11) is 0. The summed E-state index contributed by atoms with van der Waals surface area (Å²) < 4.78 is 0. The van der Waals surface area contributed by atoms with Gasteiger partial charge in [-0.1, -0.05) is 30.5 Å². The monoisotopic (exact) mass is 300 g/mol. The second kappa shape index (κ2) is 6.27. The molecular formula is C16H20N4O2. The average molecular weight is 300 g/mol. The van der Waals surface area contributed by atoms with Crippen LogP contribution >= 0.6 is 0 Å². The molecule has 22 heavy (non-hydrogen) atoms. The zero-order valence-corrected chi connectivity index (χ0v) is 12.6. The van der Waals surface area contributed by atoms with Gasteiger partial charge in [0.15, 0.2) is 5.69 Å². The number of nitrogens with one attached hydrogen (secondary N) is 1. The van der Waals surface area contributed by atoms with Crippen LogP contribution in [-0.2, 0) is 6.61 Å². The van der Waals surface area contributed by atoms with E-state index in [1.165, 1.54) is 4.80 Å². The predicted molar refractivity (Wildman–Crippen MR) is 81.7 cm³/mol. The zero-order valence-electron chi connectivity index (χ0n) is 12.6. The Hall–Kier alpha value is -2.21. The molecule has 0 atom stereocenters. The summed E-state index contributed by atoms with van der Waals surface area (Å²) in [5.74, 6) is -0.255. The maximum Gasteiger partial charge on any atom is 0.274 e. The topological polar surface area (TPSA) is 80.0 Å². The van der Waals surface area contributed by atoms with E-state index in [9.17, 15) is 9.90 Å². The first kappa shape index (κ1) is 14.7. The molecule has 3 rings (SSSR count). The number of nitrogens with zero attached hydrogens (tertiary/aromatic N) is 3. The van der Waals surface area contributed by atoms with Crippen LogP contribution in [0.25, 0.3) is 5.69 Å². The van der Waals surface area contributed by atoms with E-state index in [0.29, 0.717) is 5.69 Å². The molecule has 0 unspecified atom stereocenters. The molecule has 0 saturated heterocycles. The molecule has 6 nitrogen and oxygen atoms in total. The van der Waals surface area contributed by atoms with Crippen LogP contribution in [0.5, 0.6) is 0 Å². The summed E-state index contributed by atoms with van der Waals surface area (Å²) in [5.41, 5.74) is 2.41. The third-order valence-electron chi connectivity index (χ3n) is 4.00. The largest absolute Gasteiger partial charge is 0.390 e. The molecule has 6 heteroatoms. The number of aliphatic hydroxyl groups excluding tert-OH is 1. The van der Waals surface area contributed by atoms with E-state index in [2.05, 4.69) is 15.5 Å². The Labute approximate surface area is 129 Å². The molecule has 2 aromatic rings. The normalized spacial score (nSPS) is 15.2. The summed E-state index contributed by atoms with van der Waals surface area (Å²) in [5, 5.41) is 20.9. The van der Waals surface area contributed by atoms with Crippen molar-refractivity contribution >= 4 is 5.91 Å². The Balaban J connectivity index is 1.84. The first-order valence-electron chi connectivity index (χ1n) is 7.62. The van der Waals surface area contributed by atoms with Crippen molar-refractivity contribution in [3.63, 3.8) is 0 Å². The maximum absolute atomic E-state index is 12.3. The van der Waals surface area contributed by atoms with Gasteiger partial charge in [-0.05, 0) is 31.9 Å². The van der Waals surface area contributed by atoms with Crippen LogP contribution in [0.2, 0.25) is 0 Å². The van der Waals surface area contributed by atoms with Crippen LogP contribution in [0.3, 0.4) is 0 Å². The van der Waals surface area contributed by atoms with Gasteiger partial charge in [0.05, 0.1) is 12.3 Å². The van der Waals surface area contributed by atoms with Gasteiger partial charge in [0.2, 0.25) is 0 Å². The Morgan fingerprint density at radius 2 is 1.95 bits per heavy atom. The van der Waals surface area contributed by atoms with E-state index in [0.717, 1.165) is 36.9 Å². The highest BCUT2D eigenvalue weighted by Gasteiger charge is 2.23. The second-order valence-electron chi connectivity index (χ2n) is 5.73. The average Bonchev–Trinajstić information content (AvgIpc) is 3.17. The third kappa shape index (κ3) is 3.01. The molecule has 1 aromatic heterocycles. The van der Waals surface area contributed by atoms with Crippen molar-refractivity contribution in [1.29, 1.82) is 0 Å². The lowest BCUT2D eigenvalue weighted by Crippen LogP contribution is -2.33. The lowest BCUT2D eigenvalue weighted by molar-refractivity contribution is 0.0929. The van der Waals surface area contributed by atoms with E-state index in [1.54, 1.807) is 0 Å². The summed E-state index contributed by atoms with van der Waals surface area (Å²) in [6.45, 7) is 1.69. The van der Waals surface area contributed by atoms with Crippen LogP contribution in [-0.4, -0.2) is 32.0 Å². The van der Waals surface area contributed by atoms with Crippen LogP contribution in [0.1, 0.15) is 47.4 Å². The smallest absolute Gasteiger partial charge is 0.274 e. The van der Waals surface area contributed by atoms with Crippen molar-refractivity contribution in [1.82, 2.24) is 20.3 Å². The standard InChI is InChI=1S/C16H20N4O2/c1-11-6-8-13(9-7-11)20-18-14(10-21)15(19-20)16(22)17-12-4-2-3-5-12/h6-9,12,21H,2-5,10H2,1H3,(H,17,22). The van der Waals surface area contributed by atoms with Crippen LogP contribution < -0.4 is 5.32 Å². The molecule has 0 aliphatic heterocycles. The Morgan fingerprint density at radius 1 is 1.27 bits per heavy atom. The lowest BCUT2D eigenvalue weighted by Gasteiger charge is -2.10. The van der Waals surface area contributed by atoms with Gasteiger partial charge in [-0.25, -0.2) is 0 Å². The zero-order chi connectivity index (χ0) is 15.5. The quantitative estimate of drug-likeness (QED) is 0.901. The second-order valence-corrected chi connectivity index (χ2v) is 5.73. The van der Waals surface area contributed by atoms with E-state index >= 15 is 0 Å². The Morgan fingerprint density at radius 3 is 2.59 bits per heavy atom. The van der Waals surface area contributed by atoms with Crippen LogP contribution in [0, 0.1) is 6.92 Å². The number of aryl methyl sites for hydroxylation is 1. The Bertz CT molecular complexity index is 657. The summed E-state index contributed by atoms with van der Waals surface area (Å²) in [6.07, 6.45) is 4.31. The van der Waals surface area contributed by atoms with Gasteiger partial charge in [0.25, 0.3) is 5.91 Å². The fourth-order valence-corrected chi connectivity index (χ4v) is 2.74. The minimum atomic E-state index is -0.306. The van der Waals surface area contributed by atoms with Gasteiger partial charge >= 0.3 is 0 Å². The highest BCUT2D eigenvalue weighted by molar-refractivity contribution is 5.93. The molecular weight excluding hydrogens is 280 g/mol. The number of hydrogen-bond acceptors (Lipinski definition) is 4. The molecule has 1 fully saturated rings. The van der Waals surface area contributed by atoms with Gasteiger partial charge in [-0.15, -0.1) is 10.2 Å². The first-order valence-corrected chi connectivity index (χ1v) is 7.62. The van der Waals surface area contributed by atoms with Crippen molar-refractivity contribution in [3.8, 4) is 5.69 Å². The molecule has 1 amide bonds. The third-order valence-corrected chi connectivity index (χ3v) is 4.00. The minimum Gasteiger partial charge on any atom is -0.390 e. The van der Waals surface area contributed by atoms with Gasteiger partial charge in [-0.3, -0.25) is 4.79 Å². The van der Waals surface area contributed by atoms with Crippen LogP contribution in [0.4, 0.5) is 0 Å². The molecule has 1 aliphatic rings. The molecule has 1 aliphatic carbocycles. The van der Waals surface area contributed by atoms with E-state index in [4.69, 9.17) is 0 Å². The number of amides is 1. The number of benzene rings is 1. The molecule has 2 N–H and O–H groups in total. The van der Waals surface area contributed by atoms with Gasteiger partial charge in [0.1, 0.15) is 5.69 Å². The van der Waals surface area contributed by atoms with Crippen LogP contribution in [0.15, 0.2) is 24.3 Å². The number of rotatable bonds is 4. The SMILES string of the molecule is Cc1ccc(-n2nc(CO)c(C(=O)NC3CCCC3)n2)cc1. The fourth-order valence-electron chi connectivity index (χ4n) is 2.74. The number of carbonyl (C=O) groups excluding carboxylic acids is 1. The van der Waals surface area contributed by atoms with E-state index < -0.39 is 0 Å². The number of carbonyl (C=O) groups is 1.